The first-order valence-electron chi connectivity index (χ1n) is 10.2. The van der Waals surface area contributed by atoms with Crippen LogP contribution in [0.5, 0.6) is 0 Å². The van der Waals surface area contributed by atoms with Crippen LogP contribution in [0.15, 0.2) is 51.8 Å². The van der Waals surface area contributed by atoms with Crippen LogP contribution >= 0.6 is 11.3 Å². The van der Waals surface area contributed by atoms with Crippen LogP contribution in [0.3, 0.4) is 0 Å². The standard InChI is InChI=1S/C23H18N6O4S/c1-11-8-9-17(34-11)16-10-15(18-12(2)28-33-22(18)24-16)20(30)25-26-21(31)19-13-6-4-5-7-14(13)23(32)29(3)27-19/h4-10H,1-3H3,(H,25,30)(H,26,31). The predicted molar refractivity (Wildman–Crippen MR) is 127 cm³/mol. The van der Waals surface area contributed by atoms with E-state index >= 15 is 0 Å². The average Bonchev–Trinajstić information content (AvgIpc) is 3.44. The van der Waals surface area contributed by atoms with Gasteiger partial charge in [0.15, 0.2) is 5.69 Å². The summed E-state index contributed by atoms with van der Waals surface area (Å²) in [4.78, 5) is 44.8. The van der Waals surface area contributed by atoms with Crippen molar-refractivity contribution in [2.24, 2.45) is 7.05 Å². The van der Waals surface area contributed by atoms with Crippen LogP contribution in [-0.2, 0) is 7.05 Å². The molecular weight excluding hydrogens is 456 g/mol. The fraction of sp³-hybridized carbons (Fsp3) is 0.130. The van der Waals surface area contributed by atoms with Gasteiger partial charge in [0.05, 0.1) is 32.6 Å². The summed E-state index contributed by atoms with van der Waals surface area (Å²) in [5.74, 6) is -1.24. The second-order valence-corrected chi connectivity index (χ2v) is 8.93. The summed E-state index contributed by atoms with van der Waals surface area (Å²) < 4.78 is 6.39. The van der Waals surface area contributed by atoms with E-state index in [1.165, 1.54) is 18.4 Å². The Labute approximate surface area is 196 Å². The molecule has 0 saturated heterocycles. The zero-order valence-corrected chi connectivity index (χ0v) is 19.2. The van der Waals surface area contributed by atoms with Crippen molar-refractivity contribution in [3.8, 4) is 10.6 Å². The predicted octanol–water partition coefficient (Wildman–Crippen LogP) is 2.89. The van der Waals surface area contributed by atoms with Gasteiger partial charge < -0.3 is 4.52 Å². The topological polar surface area (TPSA) is 132 Å². The molecule has 0 bridgehead atoms. The van der Waals surface area contributed by atoms with Crippen molar-refractivity contribution in [3.05, 3.63) is 74.6 Å². The normalized spacial score (nSPS) is 11.1. The molecule has 0 unspecified atom stereocenters. The second kappa shape index (κ2) is 8.19. The fourth-order valence-electron chi connectivity index (χ4n) is 3.68. The second-order valence-electron chi connectivity index (χ2n) is 7.64. The van der Waals surface area contributed by atoms with Crippen LogP contribution in [0.25, 0.3) is 32.4 Å². The highest BCUT2D eigenvalue weighted by Gasteiger charge is 2.21. The van der Waals surface area contributed by atoms with Crippen LogP contribution in [0.4, 0.5) is 0 Å². The van der Waals surface area contributed by atoms with Crippen molar-refractivity contribution in [1.29, 1.82) is 0 Å². The van der Waals surface area contributed by atoms with Crippen molar-refractivity contribution >= 4 is 45.0 Å². The number of rotatable bonds is 3. The summed E-state index contributed by atoms with van der Waals surface area (Å²) in [7, 11) is 1.46. The fourth-order valence-corrected chi connectivity index (χ4v) is 4.51. The number of carbonyl (C=O) groups excluding carboxylic acids is 2. The third-order valence-corrected chi connectivity index (χ3v) is 6.34. The van der Waals surface area contributed by atoms with E-state index in [1.807, 2.05) is 19.1 Å². The van der Waals surface area contributed by atoms with E-state index in [4.69, 9.17) is 4.52 Å². The number of pyridine rings is 1. The molecule has 0 saturated carbocycles. The minimum atomic E-state index is -0.665. The van der Waals surface area contributed by atoms with Gasteiger partial charge in [-0.2, -0.15) is 5.10 Å². The van der Waals surface area contributed by atoms with E-state index in [1.54, 1.807) is 37.3 Å². The SMILES string of the molecule is Cc1ccc(-c2cc(C(=O)NNC(=O)c3nn(C)c(=O)c4ccccc34)c3c(C)noc3n2)s1. The summed E-state index contributed by atoms with van der Waals surface area (Å²) >= 11 is 1.53. The number of amides is 2. The number of carbonyl (C=O) groups is 2. The highest BCUT2D eigenvalue weighted by molar-refractivity contribution is 7.15. The maximum absolute atomic E-state index is 13.1. The molecule has 0 spiro atoms. The van der Waals surface area contributed by atoms with Crippen molar-refractivity contribution in [1.82, 2.24) is 30.8 Å². The molecule has 4 aromatic heterocycles. The van der Waals surface area contributed by atoms with Crippen LogP contribution in [0, 0.1) is 13.8 Å². The van der Waals surface area contributed by atoms with Gasteiger partial charge in [-0.1, -0.05) is 23.4 Å². The first-order valence-corrected chi connectivity index (χ1v) is 11.1. The number of hydrogen-bond acceptors (Lipinski definition) is 8. The summed E-state index contributed by atoms with van der Waals surface area (Å²) in [5, 5.41) is 9.19. The molecule has 11 heteroatoms. The highest BCUT2D eigenvalue weighted by Crippen LogP contribution is 2.31. The number of nitrogens with zero attached hydrogens (tertiary/aromatic N) is 4. The van der Waals surface area contributed by atoms with E-state index in [-0.39, 0.29) is 22.5 Å². The quantitative estimate of drug-likeness (QED) is 0.384. The number of aryl methyl sites for hydroxylation is 3. The Hall–Kier alpha value is -4.38. The molecule has 34 heavy (non-hydrogen) atoms. The van der Waals surface area contributed by atoms with E-state index in [9.17, 15) is 14.4 Å². The van der Waals surface area contributed by atoms with Gasteiger partial charge in [0.25, 0.3) is 23.1 Å². The molecule has 0 atom stereocenters. The highest BCUT2D eigenvalue weighted by atomic mass is 32.1. The Balaban J connectivity index is 1.48. The lowest BCUT2D eigenvalue weighted by atomic mass is 10.1. The summed E-state index contributed by atoms with van der Waals surface area (Å²) in [6.07, 6.45) is 0. The van der Waals surface area contributed by atoms with Gasteiger partial charge in [-0.15, -0.1) is 11.3 Å². The van der Waals surface area contributed by atoms with Crippen LogP contribution in [0.2, 0.25) is 0 Å². The van der Waals surface area contributed by atoms with Gasteiger partial charge in [0, 0.05) is 17.3 Å². The molecule has 0 fully saturated rings. The number of nitrogens with one attached hydrogen (secondary N) is 2. The first-order chi connectivity index (χ1) is 16.3. The number of hydrazine groups is 1. The molecular formula is C23H18N6O4S. The van der Waals surface area contributed by atoms with E-state index in [0.29, 0.717) is 27.5 Å². The summed E-state index contributed by atoms with van der Waals surface area (Å²) in [6, 6.07) is 12.2. The molecule has 2 amide bonds. The molecule has 10 nitrogen and oxygen atoms in total. The first kappa shape index (κ1) is 21.5. The van der Waals surface area contributed by atoms with Gasteiger partial charge >= 0.3 is 0 Å². The lowest BCUT2D eigenvalue weighted by Crippen LogP contribution is -2.42. The summed E-state index contributed by atoms with van der Waals surface area (Å²) in [5.41, 5.74) is 6.04. The number of benzene rings is 1. The molecule has 0 aliphatic rings. The molecule has 5 rings (SSSR count). The van der Waals surface area contributed by atoms with Gasteiger partial charge in [-0.25, -0.2) is 9.67 Å². The van der Waals surface area contributed by atoms with E-state index in [0.717, 1.165) is 14.4 Å². The maximum atomic E-state index is 13.1. The minimum Gasteiger partial charge on any atom is -0.335 e. The van der Waals surface area contributed by atoms with Gasteiger partial charge in [-0.05, 0) is 38.1 Å². The minimum absolute atomic E-state index is 0.00813. The third kappa shape index (κ3) is 3.61. The third-order valence-electron chi connectivity index (χ3n) is 5.32. The van der Waals surface area contributed by atoms with Crippen molar-refractivity contribution in [3.63, 3.8) is 0 Å². The average molecular weight is 475 g/mol. The smallest absolute Gasteiger partial charge is 0.290 e. The Morgan fingerprint density at radius 1 is 1.03 bits per heavy atom. The molecule has 2 N–H and O–H groups in total. The number of fused-ring (bicyclic) bond motifs is 2. The van der Waals surface area contributed by atoms with Crippen molar-refractivity contribution in [2.45, 2.75) is 13.8 Å². The van der Waals surface area contributed by atoms with Gasteiger partial charge in [0.1, 0.15) is 0 Å². The van der Waals surface area contributed by atoms with Crippen LogP contribution in [0.1, 0.15) is 31.4 Å². The lowest BCUT2D eigenvalue weighted by molar-refractivity contribution is 0.0844. The lowest BCUT2D eigenvalue weighted by Gasteiger charge is -2.11. The summed E-state index contributed by atoms with van der Waals surface area (Å²) in [6.45, 7) is 3.68. The van der Waals surface area contributed by atoms with E-state index < -0.39 is 11.8 Å². The van der Waals surface area contributed by atoms with Gasteiger partial charge in [0.2, 0.25) is 0 Å². The largest absolute Gasteiger partial charge is 0.335 e. The monoisotopic (exact) mass is 474 g/mol. The Bertz CT molecular complexity index is 1670. The van der Waals surface area contributed by atoms with Crippen molar-refractivity contribution in [2.75, 3.05) is 0 Å². The van der Waals surface area contributed by atoms with E-state index in [2.05, 4.69) is 26.1 Å². The number of thiophene rings is 1. The Morgan fingerprint density at radius 3 is 2.50 bits per heavy atom. The molecule has 0 radical (unpaired) electrons. The molecule has 0 aliphatic carbocycles. The van der Waals surface area contributed by atoms with Crippen molar-refractivity contribution < 1.29 is 14.1 Å². The van der Waals surface area contributed by atoms with Crippen LogP contribution < -0.4 is 16.4 Å². The molecule has 1 aromatic carbocycles. The van der Waals surface area contributed by atoms with Crippen LogP contribution in [-0.4, -0.2) is 31.7 Å². The molecule has 0 aliphatic heterocycles. The zero-order valence-electron chi connectivity index (χ0n) is 18.4. The number of aromatic nitrogens is 4. The number of hydrogen-bond donors (Lipinski definition) is 2. The Morgan fingerprint density at radius 2 is 1.76 bits per heavy atom. The zero-order chi connectivity index (χ0) is 24.0. The molecule has 5 aromatic rings. The Kier molecular flexibility index (Phi) is 5.17. The molecule has 4 heterocycles. The molecule has 170 valence electrons. The van der Waals surface area contributed by atoms with Gasteiger partial charge in [-0.3, -0.25) is 25.2 Å². The maximum Gasteiger partial charge on any atom is 0.290 e.